The van der Waals surface area contributed by atoms with Gasteiger partial charge in [0.05, 0.1) is 5.41 Å². The second kappa shape index (κ2) is 8.84. The zero-order valence-corrected chi connectivity index (χ0v) is 15.0. The minimum absolute atomic E-state index is 0. The summed E-state index contributed by atoms with van der Waals surface area (Å²) in [6.07, 6.45) is 5.90. The van der Waals surface area contributed by atoms with E-state index in [1.54, 1.807) is 0 Å². The van der Waals surface area contributed by atoms with Gasteiger partial charge in [0.15, 0.2) is 0 Å². The Balaban J connectivity index is 0.00000208. The van der Waals surface area contributed by atoms with Crippen LogP contribution in [-0.2, 0) is 9.53 Å². The first-order chi connectivity index (χ1) is 11.2. The Morgan fingerprint density at radius 3 is 2.33 bits per heavy atom. The van der Waals surface area contributed by atoms with Gasteiger partial charge < -0.3 is 15.8 Å². The second-order valence-corrected chi connectivity index (χ2v) is 7.03. The Kier molecular flexibility index (Phi) is 7.08. The van der Waals surface area contributed by atoms with E-state index in [9.17, 15) is 4.79 Å². The SMILES string of the molecule is Cl.NCC1(C(=O)NC2CCC(c3ccccc3)CC2)CCOCC1. The van der Waals surface area contributed by atoms with Gasteiger partial charge in [-0.05, 0) is 50.0 Å². The summed E-state index contributed by atoms with van der Waals surface area (Å²) in [5.41, 5.74) is 6.95. The highest BCUT2D eigenvalue weighted by Crippen LogP contribution is 2.34. The van der Waals surface area contributed by atoms with Crippen molar-refractivity contribution in [2.75, 3.05) is 19.8 Å². The number of nitrogens with two attached hydrogens (primary N) is 1. The standard InChI is InChI=1S/C19H28N2O2.ClH/c20-14-19(10-12-23-13-11-19)18(22)21-17-8-6-16(7-9-17)15-4-2-1-3-5-15;/h1-5,16-17H,6-14,20H2,(H,21,22);1H. The van der Waals surface area contributed by atoms with Crippen LogP contribution < -0.4 is 11.1 Å². The highest BCUT2D eigenvalue weighted by Gasteiger charge is 2.39. The second-order valence-electron chi connectivity index (χ2n) is 7.03. The number of nitrogens with one attached hydrogen (secondary N) is 1. The van der Waals surface area contributed by atoms with Crippen molar-refractivity contribution >= 4 is 18.3 Å². The van der Waals surface area contributed by atoms with Crippen molar-refractivity contribution in [3.63, 3.8) is 0 Å². The number of carbonyl (C=O) groups excluding carboxylic acids is 1. The van der Waals surface area contributed by atoms with Gasteiger partial charge in [0.1, 0.15) is 0 Å². The zero-order valence-electron chi connectivity index (χ0n) is 14.2. The highest BCUT2D eigenvalue weighted by molar-refractivity contribution is 5.85. The Morgan fingerprint density at radius 2 is 1.75 bits per heavy atom. The summed E-state index contributed by atoms with van der Waals surface area (Å²) in [5, 5.41) is 3.28. The van der Waals surface area contributed by atoms with Crippen LogP contribution in [0.2, 0.25) is 0 Å². The van der Waals surface area contributed by atoms with Gasteiger partial charge in [-0.3, -0.25) is 4.79 Å². The molecule has 4 nitrogen and oxygen atoms in total. The van der Waals surface area contributed by atoms with Crippen LogP contribution >= 0.6 is 12.4 Å². The molecule has 0 aromatic heterocycles. The molecule has 1 amide bonds. The molecule has 0 atom stereocenters. The number of rotatable bonds is 4. The summed E-state index contributed by atoms with van der Waals surface area (Å²) in [5.74, 6) is 0.780. The molecule has 0 bridgehead atoms. The Morgan fingerprint density at radius 1 is 1.12 bits per heavy atom. The molecular formula is C19H29ClN2O2. The van der Waals surface area contributed by atoms with Gasteiger partial charge >= 0.3 is 0 Å². The van der Waals surface area contributed by atoms with Crippen LogP contribution in [0.1, 0.15) is 50.0 Å². The number of benzene rings is 1. The average molecular weight is 353 g/mol. The van der Waals surface area contributed by atoms with E-state index in [2.05, 4.69) is 35.6 Å². The minimum Gasteiger partial charge on any atom is -0.381 e. The van der Waals surface area contributed by atoms with Gasteiger partial charge in [-0.25, -0.2) is 0 Å². The molecule has 0 unspecified atom stereocenters. The molecule has 1 heterocycles. The first-order valence-electron chi connectivity index (χ1n) is 8.87. The maximum Gasteiger partial charge on any atom is 0.227 e. The summed E-state index contributed by atoms with van der Waals surface area (Å²) in [7, 11) is 0. The quantitative estimate of drug-likeness (QED) is 0.875. The molecule has 1 aliphatic carbocycles. The van der Waals surface area contributed by atoms with Crippen molar-refractivity contribution in [2.45, 2.75) is 50.5 Å². The lowest BCUT2D eigenvalue weighted by atomic mass is 9.78. The van der Waals surface area contributed by atoms with Crippen LogP contribution in [0.5, 0.6) is 0 Å². The highest BCUT2D eigenvalue weighted by atomic mass is 35.5. The Bertz CT molecular complexity index is 509. The number of halogens is 1. The van der Waals surface area contributed by atoms with Crippen LogP contribution in [0.4, 0.5) is 0 Å². The maximum absolute atomic E-state index is 12.7. The van der Waals surface area contributed by atoms with Gasteiger partial charge in [-0.1, -0.05) is 30.3 Å². The number of hydrogen-bond acceptors (Lipinski definition) is 3. The number of hydrogen-bond donors (Lipinski definition) is 2. The number of ether oxygens (including phenoxy) is 1. The molecule has 0 spiro atoms. The third-order valence-electron chi connectivity index (χ3n) is 5.66. The fraction of sp³-hybridized carbons (Fsp3) is 0.632. The largest absolute Gasteiger partial charge is 0.381 e. The summed E-state index contributed by atoms with van der Waals surface area (Å²) >= 11 is 0. The lowest BCUT2D eigenvalue weighted by Gasteiger charge is -2.37. The number of carbonyl (C=O) groups is 1. The van der Waals surface area contributed by atoms with E-state index in [1.165, 1.54) is 5.56 Å². The molecule has 1 saturated carbocycles. The van der Waals surface area contributed by atoms with Gasteiger partial charge in [-0.15, -0.1) is 12.4 Å². The fourth-order valence-electron chi connectivity index (χ4n) is 3.92. The topological polar surface area (TPSA) is 64.4 Å². The normalized spacial score (nSPS) is 26.2. The molecule has 3 rings (SSSR count). The van der Waals surface area contributed by atoms with Crippen LogP contribution in [0.25, 0.3) is 0 Å². The molecule has 2 aliphatic rings. The number of amides is 1. The van der Waals surface area contributed by atoms with Gasteiger partial charge in [0, 0.05) is 25.8 Å². The van der Waals surface area contributed by atoms with E-state index in [-0.39, 0.29) is 18.3 Å². The first-order valence-corrected chi connectivity index (χ1v) is 8.87. The predicted octanol–water partition coefficient (Wildman–Crippen LogP) is 3.01. The molecule has 1 aromatic carbocycles. The van der Waals surface area contributed by atoms with Crippen LogP contribution in [0.3, 0.4) is 0 Å². The van der Waals surface area contributed by atoms with E-state index in [0.29, 0.717) is 31.7 Å². The van der Waals surface area contributed by atoms with E-state index < -0.39 is 5.41 Å². The van der Waals surface area contributed by atoms with Gasteiger partial charge in [0.2, 0.25) is 5.91 Å². The van der Waals surface area contributed by atoms with Crippen molar-refractivity contribution in [1.29, 1.82) is 0 Å². The maximum atomic E-state index is 12.7. The van der Waals surface area contributed by atoms with E-state index in [0.717, 1.165) is 38.5 Å². The first kappa shape index (κ1) is 19.2. The van der Waals surface area contributed by atoms with Crippen molar-refractivity contribution < 1.29 is 9.53 Å². The summed E-state index contributed by atoms with van der Waals surface area (Å²) in [6.45, 7) is 1.71. The Hall–Kier alpha value is -1.10. The molecule has 1 saturated heterocycles. The lowest BCUT2D eigenvalue weighted by molar-refractivity contribution is -0.136. The monoisotopic (exact) mass is 352 g/mol. The van der Waals surface area contributed by atoms with Crippen LogP contribution in [-0.4, -0.2) is 31.7 Å². The molecular weight excluding hydrogens is 324 g/mol. The summed E-state index contributed by atoms with van der Waals surface area (Å²) < 4.78 is 5.39. The van der Waals surface area contributed by atoms with Gasteiger partial charge in [0.25, 0.3) is 0 Å². The summed E-state index contributed by atoms with van der Waals surface area (Å²) in [6, 6.07) is 11.0. The van der Waals surface area contributed by atoms with Crippen LogP contribution in [0.15, 0.2) is 30.3 Å². The molecule has 2 fully saturated rings. The van der Waals surface area contributed by atoms with Crippen molar-refractivity contribution in [1.82, 2.24) is 5.32 Å². The van der Waals surface area contributed by atoms with Crippen LogP contribution in [0, 0.1) is 5.41 Å². The minimum atomic E-state index is -0.408. The van der Waals surface area contributed by atoms with Gasteiger partial charge in [-0.2, -0.15) is 0 Å². The van der Waals surface area contributed by atoms with Crippen molar-refractivity contribution in [3.8, 4) is 0 Å². The molecule has 24 heavy (non-hydrogen) atoms. The average Bonchev–Trinajstić information content (AvgIpc) is 2.63. The summed E-state index contributed by atoms with van der Waals surface area (Å²) in [4.78, 5) is 12.7. The third kappa shape index (κ3) is 4.29. The smallest absolute Gasteiger partial charge is 0.227 e. The molecule has 0 radical (unpaired) electrons. The molecule has 134 valence electrons. The molecule has 1 aliphatic heterocycles. The Labute approximate surface area is 150 Å². The van der Waals surface area contributed by atoms with Crippen molar-refractivity contribution in [3.05, 3.63) is 35.9 Å². The van der Waals surface area contributed by atoms with Crippen molar-refractivity contribution in [2.24, 2.45) is 11.1 Å². The molecule has 5 heteroatoms. The zero-order chi connectivity index (χ0) is 16.1. The van der Waals surface area contributed by atoms with E-state index >= 15 is 0 Å². The third-order valence-corrected chi connectivity index (χ3v) is 5.66. The molecule has 1 aromatic rings. The van der Waals surface area contributed by atoms with E-state index in [1.807, 2.05) is 0 Å². The fourth-order valence-corrected chi connectivity index (χ4v) is 3.92. The predicted molar refractivity (Wildman–Crippen MR) is 98.4 cm³/mol. The lowest BCUT2D eigenvalue weighted by Crippen LogP contribution is -2.52. The van der Waals surface area contributed by atoms with E-state index in [4.69, 9.17) is 10.5 Å². The molecule has 3 N–H and O–H groups in total.